The van der Waals surface area contributed by atoms with Crippen LogP contribution in [0.3, 0.4) is 0 Å². The molecule has 1 aromatic heterocycles. The molecule has 0 saturated carbocycles. The molecular weight excluding hydrogens is 346 g/mol. The number of aromatic nitrogens is 2. The smallest absolute Gasteiger partial charge is 0.148 e. The minimum Gasteiger partial charge on any atom is -0.299 e. The zero-order valence-corrected chi connectivity index (χ0v) is 15.7. The highest BCUT2D eigenvalue weighted by Crippen LogP contribution is 2.31. The van der Waals surface area contributed by atoms with Crippen molar-refractivity contribution >= 4 is 11.6 Å². The van der Waals surface area contributed by atoms with Gasteiger partial charge in [0.1, 0.15) is 11.0 Å². The van der Waals surface area contributed by atoms with Crippen LogP contribution in [0.25, 0.3) is 0 Å². The molecule has 0 amide bonds. The monoisotopic (exact) mass is 369 g/mol. The molecular formula is C20H24ClN5. The first-order valence-corrected chi connectivity index (χ1v) is 9.92. The predicted octanol–water partition coefficient (Wildman–Crippen LogP) is 2.36. The Balaban J connectivity index is 1.36. The number of benzene rings is 1. The second-order valence-electron chi connectivity index (χ2n) is 7.60. The average molecular weight is 370 g/mol. The molecule has 136 valence electrons. The SMILES string of the molecule is Clc1nc(C2CN3CCN2CC3)nc2c1CN(Cc1ccccc1)CC2. The van der Waals surface area contributed by atoms with Gasteiger partial charge in [0.15, 0.2) is 0 Å². The van der Waals surface area contributed by atoms with E-state index in [9.17, 15) is 0 Å². The molecule has 1 unspecified atom stereocenters. The number of halogens is 1. The van der Waals surface area contributed by atoms with Gasteiger partial charge >= 0.3 is 0 Å². The van der Waals surface area contributed by atoms with Gasteiger partial charge in [-0.1, -0.05) is 41.9 Å². The highest BCUT2D eigenvalue weighted by Gasteiger charge is 2.35. The Labute approximate surface area is 159 Å². The summed E-state index contributed by atoms with van der Waals surface area (Å²) >= 11 is 6.63. The fourth-order valence-electron chi connectivity index (χ4n) is 4.44. The normalized spacial score (nSPS) is 28.1. The van der Waals surface area contributed by atoms with Crippen LogP contribution in [0.5, 0.6) is 0 Å². The molecule has 5 nitrogen and oxygen atoms in total. The van der Waals surface area contributed by atoms with Crippen molar-refractivity contribution in [3.8, 4) is 0 Å². The molecule has 2 aromatic rings. The molecule has 1 atom stereocenters. The molecule has 0 spiro atoms. The van der Waals surface area contributed by atoms with Crippen LogP contribution in [-0.2, 0) is 19.5 Å². The third kappa shape index (κ3) is 3.14. The van der Waals surface area contributed by atoms with Gasteiger partial charge in [-0.05, 0) is 5.56 Å². The summed E-state index contributed by atoms with van der Waals surface area (Å²) in [6.07, 6.45) is 0.952. The Bertz CT molecular complexity index is 788. The van der Waals surface area contributed by atoms with Gasteiger partial charge < -0.3 is 0 Å². The average Bonchev–Trinajstić information content (AvgIpc) is 2.70. The van der Waals surface area contributed by atoms with E-state index in [4.69, 9.17) is 21.6 Å². The van der Waals surface area contributed by atoms with Gasteiger partial charge in [-0.2, -0.15) is 0 Å². The molecule has 0 N–H and O–H groups in total. The molecule has 6 rings (SSSR count). The number of hydrogen-bond donors (Lipinski definition) is 0. The first kappa shape index (κ1) is 16.6. The van der Waals surface area contributed by atoms with E-state index in [1.807, 2.05) is 0 Å². The second kappa shape index (κ2) is 6.89. The summed E-state index contributed by atoms with van der Waals surface area (Å²) in [5.41, 5.74) is 3.61. The Morgan fingerprint density at radius 3 is 2.54 bits per heavy atom. The van der Waals surface area contributed by atoms with Crippen molar-refractivity contribution in [1.82, 2.24) is 24.7 Å². The van der Waals surface area contributed by atoms with Gasteiger partial charge in [0.25, 0.3) is 0 Å². The zero-order chi connectivity index (χ0) is 17.5. The van der Waals surface area contributed by atoms with Crippen molar-refractivity contribution in [2.75, 3.05) is 39.3 Å². The molecule has 0 aliphatic carbocycles. The first-order chi connectivity index (χ1) is 12.8. The molecule has 2 bridgehead atoms. The Morgan fingerprint density at radius 1 is 1.00 bits per heavy atom. The fraction of sp³-hybridized carbons (Fsp3) is 0.500. The maximum absolute atomic E-state index is 6.63. The second-order valence-corrected chi connectivity index (χ2v) is 7.95. The van der Waals surface area contributed by atoms with E-state index in [2.05, 4.69) is 45.0 Å². The highest BCUT2D eigenvalue weighted by molar-refractivity contribution is 6.30. The van der Waals surface area contributed by atoms with E-state index in [0.29, 0.717) is 11.2 Å². The lowest BCUT2D eigenvalue weighted by molar-refractivity contribution is 0.00847. The minimum absolute atomic E-state index is 0.308. The molecule has 3 saturated heterocycles. The van der Waals surface area contributed by atoms with E-state index in [-0.39, 0.29) is 0 Å². The van der Waals surface area contributed by atoms with E-state index < -0.39 is 0 Å². The topological polar surface area (TPSA) is 35.5 Å². The number of hydrogen-bond acceptors (Lipinski definition) is 5. The van der Waals surface area contributed by atoms with Crippen LogP contribution in [0.2, 0.25) is 5.15 Å². The Morgan fingerprint density at radius 2 is 1.81 bits per heavy atom. The van der Waals surface area contributed by atoms with Crippen LogP contribution in [0.1, 0.15) is 28.7 Å². The van der Waals surface area contributed by atoms with Crippen molar-refractivity contribution < 1.29 is 0 Å². The van der Waals surface area contributed by atoms with Crippen molar-refractivity contribution in [2.45, 2.75) is 25.6 Å². The summed E-state index contributed by atoms with van der Waals surface area (Å²) in [5, 5.41) is 0.653. The third-order valence-corrected chi connectivity index (χ3v) is 6.24. The highest BCUT2D eigenvalue weighted by atomic mass is 35.5. The van der Waals surface area contributed by atoms with E-state index in [1.54, 1.807) is 0 Å². The third-order valence-electron chi connectivity index (χ3n) is 5.93. The fourth-order valence-corrected chi connectivity index (χ4v) is 4.69. The summed E-state index contributed by atoms with van der Waals surface area (Å²) in [6.45, 7) is 8.42. The van der Waals surface area contributed by atoms with Crippen LogP contribution in [-0.4, -0.2) is 63.9 Å². The Kier molecular flexibility index (Phi) is 4.41. The number of piperazine rings is 3. The van der Waals surface area contributed by atoms with Gasteiger partial charge in [0, 0.05) is 64.3 Å². The standard InChI is InChI=1S/C20H24ClN5/c21-19-16-13-25(12-15-4-2-1-3-5-15)7-6-17(16)22-20(23-19)18-14-24-8-10-26(18)11-9-24/h1-5,18H,6-14H2. The van der Waals surface area contributed by atoms with Gasteiger partial charge in [-0.15, -0.1) is 0 Å². The lowest BCUT2D eigenvalue weighted by atomic mass is 10.0. The molecule has 1 aromatic carbocycles. The van der Waals surface area contributed by atoms with Crippen LogP contribution in [0.15, 0.2) is 30.3 Å². The quantitative estimate of drug-likeness (QED) is 0.776. The van der Waals surface area contributed by atoms with Gasteiger partial charge in [-0.3, -0.25) is 14.7 Å². The molecule has 5 heterocycles. The summed E-state index contributed by atoms with van der Waals surface area (Å²) in [7, 11) is 0. The minimum atomic E-state index is 0.308. The van der Waals surface area contributed by atoms with E-state index in [1.165, 1.54) is 18.7 Å². The van der Waals surface area contributed by atoms with Crippen molar-refractivity contribution in [3.63, 3.8) is 0 Å². The number of fused-ring (bicyclic) bond motifs is 4. The number of nitrogens with zero attached hydrogens (tertiary/aromatic N) is 5. The Hall–Kier alpha value is -1.53. The predicted molar refractivity (Wildman–Crippen MR) is 102 cm³/mol. The van der Waals surface area contributed by atoms with Crippen LogP contribution < -0.4 is 0 Å². The molecule has 3 fully saturated rings. The first-order valence-electron chi connectivity index (χ1n) is 9.54. The van der Waals surface area contributed by atoms with Gasteiger partial charge in [-0.25, -0.2) is 9.97 Å². The van der Waals surface area contributed by atoms with Crippen LogP contribution in [0.4, 0.5) is 0 Å². The lowest BCUT2D eigenvalue weighted by Gasteiger charge is -2.46. The van der Waals surface area contributed by atoms with Crippen molar-refractivity contribution in [2.24, 2.45) is 0 Å². The number of rotatable bonds is 3. The summed E-state index contributed by atoms with van der Waals surface area (Å²) in [5.74, 6) is 0.926. The summed E-state index contributed by atoms with van der Waals surface area (Å²) < 4.78 is 0. The van der Waals surface area contributed by atoms with Gasteiger partial charge in [0.05, 0.1) is 11.7 Å². The molecule has 4 aliphatic rings. The van der Waals surface area contributed by atoms with Crippen LogP contribution in [0, 0.1) is 0 Å². The van der Waals surface area contributed by atoms with Crippen molar-refractivity contribution in [1.29, 1.82) is 0 Å². The molecule has 6 heteroatoms. The zero-order valence-electron chi connectivity index (χ0n) is 14.9. The maximum Gasteiger partial charge on any atom is 0.148 e. The maximum atomic E-state index is 6.63. The summed E-state index contributed by atoms with van der Waals surface area (Å²) in [4.78, 5) is 17.2. The van der Waals surface area contributed by atoms with Crippen LogP contribution >= 0.6 is 11.6 Å². The molecule has 4 aliphatic heterocycles. The molecule has 26 heavy (non-hydrogen) atoms. The summed E-state index contributed by atoms with van der Waals surface area (Å²) in [6, 6.07) is 10.9. The lowest BCUT2D eigenvalue weighted by Crippen LogP contribution is -2.57. The van der Waals surface area contributed by atoms with Gasteiger partial charge in [0.2, 0.25) is 0 Å². The van der Waals surface area contributed by atoms with E-state index in [0.717, 1.165) is 62.8 Å². The molecule has 0 radical (unpaired) electrons. The van der Waals surface area contributed by atoms with Crippen molar-refractivity contribution in [3.05, 3.63) is 58.1 Å². The largest absolute Gasteiger partial charge is 0.299 e. The van der Waals surface area contributed by atoms with E-state index >= 15 is 0 Å².